The molecule has 1 amide bonds. The smallest absolute Gasteiger partial charge is 0.227 e. The second-order valence-electron chi connectivity index (χ2n) is 11.6. The molecule has 1 aromatic carbocycles. The Labute approximate surface area is 245 Å². The van der Waals surface area contributed by atoms with E-state index >= 15 is 0 Å². The molecule has 0 atom stereocenters. The SMILES string of the molecule is C/N=C\c1cnn2cc(-c3cnn(C)c3)cc(-c3ccc(N4CCC5(CC4)CN(C(=O)Cc4ccccc4)C5)nc3)c12. The van der Waals surface area contributed by atoms with Crippen molar-refractivity contribution in [3.63, 3.8) is 0 Å². The predicted molar refractivity (Wildman–Crippen MR) is 165 cm³/mol. The van der Waals surface area contributed by atoms with Crippen molar-refractivity contribution in [2.45, 2.75) is 19.3 Å². The maximum absolute atomic E-state index is 12.8. The quantitative estimate of drug-likeness (QED) is 0.286. The molecule has 2 fully saturated rings. The third-order valence-corrected chi connectivity index (χ3v) is 8.76. The van der Waals surface area contributed by atoms with Crippen molar-refractivity contribution in [2.75, 3.05) is 38.1 Å². The van der Waals surface area contributed by atoms with E-state index < -0.39 is 0 Å². The molecule has 5 aromatic rings. The van der Waals surface area contributed by atoms with Crippen LogP contribution >= 0.6 is 0 Å². The number of fused-ring (bicyclic) bond motifs is 1. The number of aromatic nitrogens is 5. The molecule has 2 saturated heterocycles. The molecule has 2 aliphatic rings. The minimum Gasteiger partial charge on any atom is -0.357 e. The molecule has 0 aliphatic carbocycles. The molecular formula is C33H34N8O. The van der Waals surface area contributed by atoms with Gasteiger partial charge in [0.25, 0.3) is 0 Å². The highest BCUT2D eigenvalue weighted by molar-refractivity contribution is 5.97. The minimum absolute atomic E-state index is 0.236. The van der Waals surface area contributed by atoms with Crippen molar-refractivity contribution in [1.29, 1.82) is 0 Å². The van der Waals surface area contributed by atoms with E-state index in [2.05, 4.69) is 38.3 Å². The summed E-state index contributed by atoms with van der Waals surface area (Å²) in [5, 5.41) is 8.97. The highest BCUT2D eigenvalue weighted by Gasteiger charge is 2.46. The third kappa shape index (κ3) is 4.85. The Morgan fingerprint density at radius 3 is 2.45 bits per heavy atom. The fraction of sp³-hybridized carbons (Fsp3) is 0.303. The highest BCUT2D eigenvalue weighted by Crippen LogP contribution is 2.41. The minimum atomic E-state index is 0.236. The van der Waals surface area contributed by atoms with Crippen molar-refractivity contribution in [3.05, 3.63) is 90.6 Å². The van der Waals surface area contributed by atoms with Crippen molar-refractivity contribution < 1.29 is 4.79 Å². The van der Waals surface area contributed by atoms with Crippen LogP contribution in [0.15, 0.2) is 84.5 Å². The second kappa shape index (κ2) is 10.6. The number of amides is 1. The molecule has 212 valence electrons. The van der Waals surface area contributed by atoms with E-state index in [1.807, 2.05) is 84.0 Å². The fourth-order valence-electron chi connectivity index (χ4n) is 6.41. The van der Waals surface area contributed by atoms with Crippen LogP contribution in [-0.4, -0.2) is 74.6 Å². The Hall–Kier alpha value is -4.79. The average Bonchev–Trinajstić information content (AvgIpc) is 3.62. The lowest BCUT2D eigenvalue weighted by atomic mass is 9.72. The second-order valence-corrected chi connectivity index (χ2v) is 11.6. The van der Waals surface area contributed by atoms with Crippen LogP contribution in [0.5, 0.6) is 0 Å². The van der Waals surface area contributed by atoms with Gasteiger partial charge in [-0.25, -0.2) is 9.50 Å². The van der Waals surface area contributed by atoms with Gasteiger partial charge >= 0.3 is 0 Å². The van der Waals surface area contributed by atoms with E-state index in [1.54, 1.807) is 11.7 Å². The number of hydrogen-bond acceptors (Lipinski definition) is 6. The van der Waals surface area contributed by atoms with E-state index in [9.17, 15) is 4.79 Å². The van der Waals surface area contributed by atoms with Crippen LogP contribution in [-0.2, 0) is 18.3 Å². The van der Waals surface area contributed by atoms with E-state index in [1.165, 1.54) is 0 Å². The number of likely N-dealkylation sites (tertiary alicyclic amines) is 1. The maximum atomic E-state index is 12.8. The molecule has 0 unspecified atom stereocenters. The topological polar surface area (TPSA) is 83.9 Å². The van der Waals surface area contributed by atoms with Crippen LogP contribution in [0.2, 0.25) is 0 Å². The lowest BCUT2D eigenvalue weighted by Gasteiger charge is -2.54. The molecule has 9 heteroatoms. The van der Waals surface area contributed by atoms with E-state index in [0.29, 0.717) is 6.42 Å². The zero-order valence-corrected chi connectivity index (χ0v) is 24.0. The number of rotatable bonds is 6. The van der Waals surface area contributed by atoms with Crippen LogP contribution in [0.1, 0.15) is 24.0 Å². The predicted octanol–water partition coefficient (Wildman–Crippen LogP) is 4.52. The summed E-state index contributed by atoms with van der Waals surface area (Å²) < 4.78 is 3.72. The molecular weight excluding hydrogens is 524 g/mol. The van der Waals surface area contributed by atoms with Gasteiger partial charge in [-0.2, -0.15) is 10.2 Å². The van der Waals surface area contributed by atoms with Crippen molar-refractivity contribution in [3.8, 4) is 22.3 Å². The number of aliphatic imine (C=N–C) groups is 1. The Morgan fingerprint density at radius 2 is 1.76 bits per heavy atom. The maximum Gasteiger partial charge on any atom is 0.227 e. The molecule has 0 saturated carbocycles. The Morgan fingerprint density at radius 1 is 0.952 bits per heavy atom. The Kier molecular flexibility index (Phi) is 6.57. The van der Waals surface area contributed by atoms with Crippen LogP contribution in [0, 0.1) is 5.41 Å². The van der Waals surface area contributed by atoms with Gasteiger partial charge < -0.3 is 9.80 Å². The number of benzene rings is 1. The molecule has 4 aromatic heterocycles. The van der Waals surface area contributed by atoms with Gasteiger partial charge in [0, 0.05) is 98.3 Å². The Balaban J connectivity index is 1.06. The summed E-state index contributed by atoms with van der Waals surface area (Å²) in [5.74, 6) is 1.23. The van der Waals surface area contributed by atoms with Gasteiger partial charge in [-0.1, -0.05) is 30.3 Å². The normalized spacial score (nSPS) is 16.4. The van der Waals surface area contributed by atoms with Gasteiger partial charge in [-0.05, 0) is 36.6 Å². The number of aryl methyl sites for hydroxylation is 1. The molecule has 0 bridgehead atoms. The van der Waals surface area contributed by atoms with Crippen LogP contribution < -0.4 is 4.90 Å². The first-order valence-electron chi connectivity index (χ1n) is 14.5. The van der Waals surface area contributed by atoms with Gasteiger partial charge in [0.05, 0.1) is 24.3 Å². The van der Waals surface area contributed by atoms with Gasteiger partial charge in [0.1, 0.15) is 5.82 Å². The summed E-state index contributed by atoms with van der Waals surface area (Å²) >= 11 is 0. The molecule has 0 radical (unpaired) electrons. The summed E-state index contributed by atoms with van der Waals surface area (Å²) in [6, 6.07) is 16.5. The summed E-state index contributed by atoms with van der Waals surface area (Å²) in [5.41, 5.74) is 7.45. The fourth-order valence-corrected chi connectivity index (χ4v) is 6.41. The molecule has 9 nitrogen and oxygen atoms in total. The van der Waals surface area contributed by atoms with Gasteiger partial charge in [-0.15, -0.1) is 0 Å². The largest absolute Gasteiger partial charge is 0.357 e. The summed E-state index contributed by atoms with van der Waals surface area (Å²) in [6.07, 6.45) is 14.2. The van der Waals surface area contributed by atoms with Gasteiger partial charge in [0.15, 0.2) is 0 Å². The molecule has 6 heterocycles. The first-order chi connectivity index (χ1) is 20.5. The van der Waals surface area contributed by atoms with E-state index in [0.717, 1.165) is 83.7 Å². The van der Waals surface area contributed by atoms with Crippen LogP contribution in [0.3, 0.4) is 0 Å². The van der Waals surface area contributed by atoms with Crippen molar-refractivity contribution in [1.82, 2.24) is 29.3 Å². The first-order valence-corrected chi connectivity index (χ1v) is 14.5. The summed E-state index contributed by atoms with van der Waals surface area (Å²) in [6.45, 7) is 3.65. The molecule has 7 rings (SSSR count). The number of hydrogen-bond donors (Lipinski definition) is 0. The van der Waals surface area contributed by atoms with Crippen molar-refractivity contribution >= 4 is 23.5 Å². The van der Waals surface area contributed by atoms with Crippen molar-refractivity contribution in [2.24, 2.45) is 17.5 Å². The number of carbonyl (C=O) groups is 1. The number of pyridine rings is 2. The monoisotopic (exact) mass is 558 g/mol. The standard InChI is InChI=1S/C33H34N8O/c1-34-16-27-18-37-41-21-26(28-19-36-38(2)20-28)15-29(32(27)41)25-8-9-30(35-17-25)39-12-10-33(11-13-39)22-40(23-33)31(42)14-24-6-4-3-5-7-24/h3-9,15-21H,10-14,22-23H2,1-2H3/b34-16-. The van der Waals surface area contributed by atoms with Crippen LogP contribution in [0.4, 0.5) is 5.82 Å². The lowest BCUT2D eigenvalue weighted by Crippen LogP contribution is -2.62. The lowest BCUT2D eigenvalue weighted by molar-refractivity contribution is -0.144. The summed E-state index contributed by atoms with van der Waals surface area (Å²) in [7, 11) is 3.69. The number of nitrogens with zero attached hydrogens (tertiary/aromatic N) is 8. The van der Waals surface area contributed by atoms with E-state index in [4.69, 9.17) is 4.98 Å². The molecule has 1 spiro atoms. The Bertz CT molecular complexity index is 1750. The average molecular weight is 559 g/mol. The zero-order valence-electron chi connectivity index (χ0n) is 24.0. The highest BCUT2D eigenvalue weighted by atomic mass is 16.2. The zero-order chi connectivity index (χ0) is 28.7. The third-order valence-electron chi connectivity index (χ3n) is 8.76. The number of piperidine rings is 1. The number of carbonyl (C=O) groups excluding carboxylic acids is 1. The number of anilines is 1. The van der Waals surface area contributed by atoms with Gasteiger partial charge in [0.2, 0.25) is 5.91 Å². The molecule has 42 heavy (non-hydrogen) atoms. The van der Waals surface area contributed by atoms with E-state index in [-0.39, 0.29) is 11.3 Å². The first kappa shape index (κ1) is 26.1. The van der Waals surface area contributed by atoms with Crippen LogP contribution in [0.25, 0.3) is 27.8 Å². The molecule has 0 N–H and O–H groups in total. The van der Waals surface area contributed by atoms with Gasteiger partial charge in [-0.3, -0.25) is 14.5 Å². The molecule has 2 aliphatic heterocycles. The summed E-state index contributed by atoms with van der Waals surface area (Å²) in [4.78, 5) is 26.3.